The minimum absolute atomic E-state index is 0. The number of para-hydroxylation sites is 3. The second-order valence-corrected chi connectivity index (χ2v) is 26.3. The first-order valence-corrected chi connectivity index (χ1v) is 35.0. The van der Waals surface area contributed by atoms with Crippen molar-refractivity contribution in [2.24, 2.45) is 0 Å². The number of carbonyl (C=O) groups excluding carboxylic acids is 5. The SMILES string of the molecule is CC(=O)c1nc([C@@H]2CC[C@@H](C)N(C(=O)c3ccccc3-n3nccn3)C2)oc1-c1ccccc1.CC(O)c1nc([C@@H]2CC[C@@H](C)N(C(=O)c3ccccc3-n3nccn3)C2)oc1-c1ccccc1.CON(C)C(=O)c1nc([C@@H]2CC[C@@H](C)N(C(=O)c3ccccc3-n3nccn3)C2)oc1-c1ccccc1.[B].[Br-].[CH3-].[H-].[Mg+2].[Na+]. The number of aromatic nitrogens is 12. The van der Waals surface area contributed by atoms with Gasteiger partial charge in [-0.25, -0.2) is 20.0 Å². The largest absolute Gasteiger partial charge is 2.00 e. The van der Waals surface area contributed by atoms with Crippen LogP contribution < -0.4 is 46.5 Å². The van der Waals surface area contributed by atoms with Gasteiger partial charge in [0.05, 0.1) is 102 Å². The number of hydrogen-bond acceptors (Lipinski definition) is 19. The molecule has 3 radical (unpaired) electrons. The number of Topliss-reactive ketones (excluding diaryl/α,β-unsaturated/α-hetero) is 1. The van der Waals surface area contributed by atoms with E-state index in [0.29, 0.717) is 99.7 Å². The van der Waals surface area contributed by atoms with Gasteiger partial charge in [-0.3, -0.25) is 28.8 Å². The van der Waals surface area contributed by atoms with Crippen molar-refractivity contribution < 1.29 is 95.1 Å². The van der Waals surface area contributed by atoms with Gasteiger partial charge in [0.2, 0.25) is 11.8 Å². The summed E-state index contributed by atoms with van der Waals surface area (Å²) in [5, 5.41) is 36.6. The molecule has 3 fully saturated rings. The summed E-state index contributed by atoms with van der Waals surface area (Å²) in [7, 11) is 2.95. The van der Waals surface area contributed by atoms with Gasteiger partial charge >= 0.3 is 52.6 Å². The maximum Gasteiger partial charge on any atom is 2.00 e. The van der Waals surface area contributed by atoms with Crippen molar-refractivity contribution in [3.05, 3.63) is 260 Å². The van der Waals surface area contributed by atoms with Crippen LogP contribution in [0.2, 0.25) is 0 Å². The van der Waals surface area contributed by atoms with Crippen LogP contribution in [0.15, 0.2) is 214 Å². The van der Waals surface area contributed by atoms with Crippen LogP contribution in [0.5, 0.6) is 0 Å². The number of benzene rings is 6. The van der Waals surface area contributed by atoms with E-state index in [1.807, 2.05) is 173 Å². The molecule has 0 aliphatic carbocycles. The fraction of sp³-hybridized carbons (Fsp3) is 0.287. The van der Waals surface area contributed by atoms with Crippen molar-refractivity contribution in [1.82, 2.24) is 79.7 Å². The minimum Gasteiger partial charge on any atom is -1.00 e. The Labute approximate surface area is 690 Å². The molecule has 1 N–H and O–H groups in total. The summed E-state index contributed by atoms with van der Waals surface area (Å²) in [5.74, 6) is 1.75. The van der Waals surface area contributed by atoms with Gasteiger partial charge in [0, 0.05) is 76.8 Å². The van der Waals surface area contributed by atoms with Crippen LogP contribution in [0, 0.1) is 7.43 Å². The number of hydroxylamine groups is 2. The molecule has 110 heavy (non-hydrogen) atoms. The number of aliphatic hydroxyl groups excluding tert-OH is 1. The predicted molar refractivity (Wildman–Crippen MR) is 406 cm³/mol. The minimum atomic E-state index is -0.763. The van der Waals surface area contributed by atoms with Gasteiger partial charge in [0.25, 0.3) is 23.6 Å². The van der Waals surface area contributed by atoms with Crippen LogP contribution in [-0.2, 0) is 4.84 Å². The van der Waals surface area contributed by atoms with E-state index in [1.54, 1.807) is 56.2 Å². The molecule has 12 aromatic rings. The van der Waals surface area contributed by atoms with Gasteiger partial charge in [0.1, 0.15) is 5.69 Å². The fourth-order valence-corrected chi connectivity index (χ4v) is 13.6. The molecule has 7 atom stereocenters. The van der Waals surface area contributed by atoms with Crippen LogP contribution in [0.1, 0.15) is 174 Å². The smallest absolute Gasteiger partial charge is 1.00 e. The van der Waals surface area contributed by atoms with E-state index in [2.05, 4.69) is 59.4 Å². The molecule has 0 bridgehead atoms. The van der Waals surface area contributed by atoms with E-state index in [1.165, 1.54) is 35.5 Å². The van der Waals surface area contributed by atoms with Crippen LogP contribution in [0.4, 0.5) is 0 Å². The van der Waals surface area contributed by atoms with Crippen molar-refractivity contribution in [2.45, 2.75) is 115 Å². The fourth-order valence-electron chi connectivity index (χ4n) is 13.6. The van der Waals surface area contributed by atoms with Crippen molar-refractivity contribution in [2.75, 3.05) is 33.8 Å². The Morgan fingerprint density at radius 3 is 1.09 bits per heavy atom. The number of piperidine rings is 3. The molecule has 557 valence electrons. The molecule has 0 saturated carbocycles. The first kappa shape index (κ1) is 85.8. The van der Waals surface area contributed by atoms with Gasteiger partial charge < -0.3 is 58.9 Å². The van der Waals surface area contributed by atoms with Crippen LogP contribution >= 0.6 is 0 Å². The van der Waals surface area contributed by atoms with Crippen LogP contribution in [0.3, 0.4) is 0 Å². The molecule has 3 aliphatic rings. The van der Waals surface area contributed by atoms with E-state index < -0.39 is 12.0 Å². The molecule has 1 unspecified atom stereocenters. The number of likely N-dealkylation sites (tertiary alicyclic amines) is 3. The summed E-state index contributed by atoms with van der Waals surface area (Å²) in [5.41, 5.74) is 6.94. The molecule has 15 rings (SSSR count). The van der Waals surface area contributed by atoms with Crippen molar-refractivity contribution >= 4 is 60.9 Å². The third-order valence-electron chi connectivity index (χ3n) is 19.3. The molecule has 4 amide bonds. The Bertz CT molecular complexity index is 4990. The number of halogens is 1. The second kappa shape index (κ2) is 39.2. The van der Waals surface area contributed by atoms with Gasteiger partial charge in [-0.2, -0.15) is 45.0 Å². The quantitative estimate of drug-likeness (QED) is 0.0456. The number of carbonyl (C=O) groups is 5. The maximum atomic E-state index is 13.8. The molecule has 30 heteroatoms. The summed E-state index contributed by atoms with van der Waals surface area (Å²) in [6.45, 7) is 10.7. The summed E-state index contributed by atoms with van der Waals surface area (Å²) in [6, 6.07) is 50.7. The molecule has 9 heterocycles. The van der Waals surface area contributed by atoms with E-state index in [0.717, 1.165) is 60.3 Å². The van der Waals surface area contributed by atoms with E-state index in [-0.39, 0.29) is 152 Å². The standard InChI is InChI=1S/C27H28N6O4.C26H27N5O3.C26H25N5O3.CH3.B.BrH.Mg.Na.H/c1-18-13-14-20(17-32(18)26(34)21-11-7-8-12-22(21)33-28-15-16-29-33)25-30-23(27(35)31(2)36-3)24(37-25)19-9-5-4-6-10-19;2*1-17-12-13-20(25-29-23(18(2)32)24(34-25)19-8-4-3-5-9-19)16-30(17)26(33)21-10-6-7-11-22(21)31-27-14-15-28-31;;;;;;/h4-12,15-16,18,20H,13-14,17H2,1-3H3;3-11,14-15,17-18,20,32H,12-13,16H2,1-2H3;3-11,14-15,17,20H,12-13,16H2,1-2H3;1H3;;1H;;;/q;;;-1;;;+2;+1;-1/p-1/t18-,20-;17-,18?,20-;17-,20-;;;;;;/m111....../s1. The van der Waals surface area contributed by atoms with Crippen molar-refractivity contribution in [3.8, 4) is 51.0 Å². The summed E-state index contributed by atoms with van der Waals surface area (Å²) in [6.07, 6.45) is 13.6. The van der Waals surface area contributed by atoms with Gasteiger partial charge in [-0.15, -0.1) is 0 Å². The van der Waals surface area contributed by atoms with Crippen LogP contribution in [0.25, 0.3) is 51.0 Å². The number of ketones is 1. The summed E-state index contributed by atoms with van der Waals surface area (Å²) in [4.78, 5) is 95.4. The Hall–Kier alpha value is -9.85. The zero-order valence-electron chi connectivity index (χ0n) is 63.9. The van der Waals surface area contributed by atoms with E-state index in [4.69, 9.17) is 18.1 Å². The summed E-state index contributed by atoms with van der Waals surface area (Å²) < 4.78 is 18.6. The third-order valence-corrected chi connectivity index (χ3v) is 19.3. The molecule has 3 aliphatic heterocycles. The number of rotatable bonds is 16. The third kappa shape index (κ3) is 18.9. The van der Waals surface area contributed by atoms with Crippen molar-refractivity contribution in [3.63, 3.8) is 0 Å². The monoisotopic (exact) mass is 1570 g/mol. The molecular formula is C80H84BBrMgN16NaO10. The molecule has 6 aromatic carbocycles. The molecule has 6 aromatic heterocycles. The average molecular weight is 1570 g/mol. The number of amides is 4. The predicted octanol–water partition coefficient (Wildman–Crippen LogP) is 6.69. The number of hydrogen-bond donors (Lipinski definition) is 1. The van der Waals surface area contributed by atoms with Crippen molar-refractivity contribution in [1.29, 1.82) is 0 Å². The molecule has 0 spiro atoms. The average Bonchev–Trinajstić information content (AvgIpc) is 1.70. The zero-order chi connectivity index (χ0) is 73.3. The Morgan fingerprint density at radius 1 is 0.473 bits per heavy atom. The Balaban J connectivity index is 0.000000225. The maximum absolute atomic E-state index is 13.8. The summed E-state index contributed by atoms with van der Waals surface area (Å²) >= 11 is 0. The Kier molecular flexibility index (Phi) is 30.5. The van der Waals surface area contributed by atoms with E-state index >= 15 is 0 Å². The second-order valence-electron chi connectivity index (χ2n) is 26.3. The van der Waals surface area contributed by atoms with Crippen LogP contribution in [-0.4, -0.2) is 198 Å². The zero-order valence-corrected chi connectivity index (χ0v) is 67.9. The molecule has 3 saturated heterocycles. The van der Waals surface area contributed by atoms with Gasteiger partial charge in [-0.05, 0) is 103 Å². The number of oxazole rings is 3. The van der Waals surface area contributed by atoms with E-state index in [9.17, 15) is 29.1 Å². The van der Waals surface area contributed by atoms with Gasteiger partial charge in [0.15, 0.2) is 40.3 Å². The first-order valence-electron chi connectivity index (χ1n) is 35.0. The van der Waals surface area contributed by atoms with Gasteiger partial charge in [-0.1, -0.05) is 127 Å². The topological polar surface area (TPSA) is 298 Å². The Morgan fingerprint density at radius 2 is 0.764 bits per heavy atom. The first-order chi connectivity index (χ1) is 51.0. The number of nitrogens with zero attached hydrogens (tertiary/aromatic N) is 16. The number of aliphatic hydroxyl groups is 1. The normalized spacial score (nSPS) is 17.4. The molecule has 26 nitrogen and oxygen atoms in total. The molecular weight excluding hydrogens is 1480 g/mol.